The van der Waals surface area contributed by atoms with Gasteiger partial charge >= 0.3 is 0 Å². The molecule has 2 heterocycles. The van der Waals surface area contributed by atoms with Crippen molar-refractivity contribution < 1.29 is 23.9 Å². The molecule has 0 aromatic heterocycles. The van der Waals surface area contributed by atoms with Crippen molar-refractivity contribution in [3.63, 3.8) is 0 Å². The Kier molecular flexibility index (Phi) is 5.83. The molecule has 7 nitrogen and oxygen atoms in total. The zero-order valence-corrected chi connectivity index (χ0v) is 23.1. The van der Waals surface area contributed by atoms with Gasteiger partial charge in [0.1, 0.15) is 11.5 Å². The minimum Gasteiger partial charge on any atom is -0.457 e. The number of fused-ring (bicyclic) bond motifs is 2. The summed E-state index contributed by atoms with van der Waals surface area (Å²) in [7, 11) is 0. The number of rotatable bonds is 4. The second-order valence-corrected chi connectivity index (χ2v) is 10.9. The van der Waals surface area contributed by atoms with Crippen LogP contribution < -0.4 is 14.5 Å². The fraction of sp³-hybridized carbons (Fsp3) is 0. The van der Waals surface area contributed by atoms with Crippen LogP contribution in [0, 0.1) is 7.14 Å². The van der Waals surface area contributed by atoms with Crippen LogP contribution in [-0.2, 0) is 0 Å². The number of carbonyl (C=O) groups is 4. The number of ether oxygens (including phenoxy) is 1. The van der Waals surface area contributed by atoms with Crippen LogP contribution in [0.2, 0.25) is 0 Å². The quantitative estimate of drug-likeness (QED) is 0.184. The smallest absolute Gasteiger partial charge is 0.266 e. The van der Waals surface area contributed by atoms with Gasteiger partial charge < -0.3 is 4.74 Å². The van der Waals surface area contributed by atoms with Crippen molar-refractivity contribution in [2.24, 2.45) is 0 Å². The molecule has 0 unspecified atom stereocenters. The van der Waals surface area contributed by atoms with Crippen LogP contribution in [0.4, 0.5) is 11.4 Å². The van der Waals surface area contributed by atoms with E-state index in [1.54, 1.807) is 84.9 Å². The SMILES string of the molecule is O=C1c2ccc(I)cc2C(=O)N1c1ccc(Oc2ccc(N3C(=O)c4ccc(I)cc4C3=O)cc2)cc1. The molecular weight excluding hydrogens is 698 g/mol. The summed E-state index contributed by atoms with van der Waals surface area (Å²) in [6.45, 7) is 0. The van der Waals surface area contributed by atoms with Crippen molar-refractivity contribution >= 4 is 80.2 Å². The molecule has 4 aromatic carbocycles. The number of imide groups is 2. The van der Waals surface area contributed by atoms with Gasteiger partial charge in [0.15, 0.2) is 0 Å². The Hall–Kier alpha value is -3.58. The first kappa shape index (κ1) is 23.8. The highest BCUT2D eigenvalue weighted by Crippen LogP contribution is 2.33. The number of carbonyl (C=O) groups excluding carboxylic acids is 4. The number of benzene rings is 4. The van der Waals surface area contributed by atoms with Crippen LogP contribution in [0.3, 0.4) is 0 Å². The predicted molar refractivity (Wildman–Crippen MR) is 154 cm³/mol. The van der Waals surface area contributed by atoms with Crippen LogP contribution in [0.25, 0.3) is 0 Å². The lowest BCUT2D eigenvalue weighted by molar-refractivity contribution is 0.0910. The lowest BCUT2D eigenvalue weighted by Gasteiger charge is -2.16. The monoisotopic (exact) mass is 712 g/mol. The van der Waals surface area contributed by atoms with Crippen LogP contribution in [0.5, 0.6) is 11.5 Å². The third-order valence-electron chi connectivity index (χ3n) is 6.12. The molecule has 0 spiro atoms. The first-order valence-electron chi connectivity index (χ1n) is 11.1. The summed E-state index contributed by atoms with van der Waals surface area (Å²) >= 11 is 4.22. The van der Waals surface area contributed by atoms with Gasteiger partial charge in [0.25, 0.3) is 23.6 Å². The number of anilines is 2. The summed E-state index contributed by atoms with van der Waals surface area (Å²) in [5.41, 5.74) is 2.46. The topological polar surface area (TPSA) is 84.0 Å². The number of hydrogen-bond donors (Lipinski definition) is 0. The lowest BCUT2D eigenvalue weighted by atomic mass is 10.1. The Morgan fingerprint density at radius 1 is 0.459 bits per heavy atom. The maximum Gasteiger partial charge on any atom is 0.266 e. The Morgan fingerprint density at radius 2 is 0.811 bits per heavy atom. The van der Waals surface area contributed by atoms with Gasteiger partial charge in [-0.25, -0.2) is 9.80 Å². The Labute approximate surface area is 238 Å². The molecule has 9 heteroatoms. The highest BCUT2D eigenvalue weighted by molar-refractivity contribution is 14.1. The van der Waals surface area contributed by atoms with E-state index in [-0.39, 0.29) is 23.6 Å². The van der Waals surface area contributed by atoms with Gasteiger partial charge in [-0.2, -0.15) is 0 Å². The average molecular weight is 712 g/mol. The second kappa shape index (κ2) is 9.06. The Bertz CT molecular complexity index is 1530. The second-order valence-electron chi connectivity index (χ2n) is 8.36. The highest BCUT2D eigenvalue weighted by Gasteiger charge is 2.37. The zero-order valence-electron chi connectivity index (χ0n) is 18.8. The van der Waals surface area contributed by atoms with Gasteiger partial charge in [-0.3, -0.25) is 19.2 Å². The molecule has 6 rings (SSSR count). The van der Waals surface area contributed by atoms with Crippen molar-refractivity contribution in [3.05, 3.63) is 114 Å². The summed E-state index contributed by atoms with van der Waals surface area (Å²) < 4.78 is 7.66. The summed E-state index contributed by atoms with van der Waals surface area (Å²) in [6.07, 6.45) is 0. The van der Waals surface area contributed by atoms with E-state index in [1.807, 2.05) is 0 Å². The van der Waals surface area contributed by atoms with Gasteiger partial charge in [0.05, 0.1) is 33.6 Å². The van der Waals surface area contributed by atoms with E-state index in [9.17, 15) is 19.2 Å². The Morgan fingerprint density at radius 3 is 1.19 bits per heavy atom. The van der Waals surface area contributed by atoms with E-state index >= 15 is 0 Å². The fourth-order valence-electron chi connectivity index (χ4n) is 4.36. The van der Waals surface area contributed by atoms with Gasteiger partial charge in [0, 0.05) is 7.14 Å². The molecule has 0 N–H and O–H groups in total. The molecule has 4 aromatic rings. The minimum atomic E-state index is -0.358. The first-order chi connectivity index (χ1) is 17.8. The molecule has 0 atom stereocenters. The summed E-state index contributed by atoms with van der Waals surface area (Å²) in [4.78, 5) is 53.5. The molecule has 2 aliphatic heterocycles. The molecule has 37 heavy (non-hydrogen) atoms. The van der Waals surface area contributed by atoms with E-state index in [4.69, 9.17) is 4.74 Å². The molecule has 0 saturated carbocycles. The number of amides is 4. The van der Waals surface area contributed by atoms with Crippen molar-refractivity contribution in [1.82, 2.24) is 0 Å². The van der Waals surface area contributed by atoms with Gasteiger partial charge in [-0.1, -0.05) is 0 Å². The van der Waals surface area contributed by atoms with Crippen LogP contribution in [0.15, 0.2) is 84.9 Å². The van der Waals surface area contributed by atoms with Crippen molar-refractivity contribution in [2.45, 2.75) is 0 Å². The minimum absolute atomic E-state index is 0.356. The van der Waals surface area contributed by atoms with E-state index < -0.39 is 0 Å². The Balaban J connectivity index is 1.18. The van der Waals surface area contributed by atoms with Gasteiger partial charge in [-0.15, -0.1) is 0 Å². The van der Waals surface area contributed by atoms with Crippen LogP contribution in [0.1, 0.15) is 41.4 Å². The molecule has 0 saturated heterocycles. The number of nitrogens with zero attached hydrogens (tertiary/aromatic N) is 2. The molecule has 0 aliphatic carbocycles. The van der Waals surface area contributed by atoms with Crippen LogP contribution >= 0.6 is 45.2 Å². The summed E-state index contributed by atoms with van der Waals surface area (Å²) in [5.74, 6) is -0.431. The van der Waals surface area contributed by atoms with Crippen molar-refractivity contribution in [3.8, 4) is 11.5 Å². The molecule has 0 fully saturated rings. The molecule has 2 aliphatic rings. The third kappa shape index (κ3) is 4.02. The first-order valence-corrected chi connectivity index (χ1v) is 13.2. The van der Waals surface area contributed by atoms with Crippen molar-refractivity contribution in [2.75, 3.05) is 9.80 Å². The molecule has 0 bridgehead atoms. The highest BCUT2D eigenvalue weighted by atomic mass is 127. The third-order valence-corrected chi connectivity index (χ3v) is 7.46. The normalized spacial score (nSPS) is 14.3. The fourth-order valence-corrected chi connectivity index (χ4v) is 5.34. The maximum absolute atomic E-state index is 12.8. The lowest BCUT2D eigenvalue weighted by Crippen LogP contribution is -2.29. The molecule has 180 valence electrons. The van der Waals surface area contributed by atoms with Crippen molar-refractivity contribution in [1.29, 1.82) is 0 Å². The van der Waals surface area contributed by atoms with Gasteiger partial charge in [0.2, 0.25) is 0 Å². The molecule has 4 amide bonds. The maximum atomic E-state index is 12.8. The zero-order chi connectivity index (χ0) is 25.8. The number of hydrogen-bond acceptors (Lipinski definition) is 5. The van der Waals surface area contributed by atoms with E-state index in [2.05, 4.69) is 45.2 Å². The van der Waals surface area contributed by atoms with E-state index in [0.717, 1.165) is 16.9 Å². The van der Waals surface area contributed by atoms with E-state index in [1.165, 1.54) is 0 Å². The standard InChI is InChI=1S/C28H14I2N2O5/c29-15-1-11-21-23(13-15)27(35)31(25(21)33)17-3-7-19(8-4-17)37-20-9-5-18(6-10-20)32-26(34)22-12-2-16(30)14-24(22)28(32)36/h1-14H. The largest absolute Gasteiger partial charge is 0.457 e. The molecule has 0 radical (unpaired) electrons. The number of halogens is 2. The van der Waals surface area contributed by atoms with E-state index in [0.29, 0.717) is 45.1 Å². The predicted octanol–water partition coefficient (Wildman–Crippen LogP) is 6.29. The summed E-state index contributed by atoms with van der Waals surface area (Å²) in [5, 5.41) is 0. The summed E-state index contributed by atoms with van der Waals surface area (Å²) in [6, 6.07) is 23.6. The van der Waals surface area contributed by atoms with Gasteiger partial charge in [-0.05, 0) is 130 Å². The molecular formula is C28H14I2N2O5. The van der Waals surface area contributed by atoms with Crippen LogP contribution in [-0.4, -0.2) is 23.6 Å². The average Bonchev–Trinajstić information content (AvgIpc) is 3.28.